The lowest BCUT2D eigenvalue weighted by atomic mass is 10.1. The van der Waals surface area contributed by atoms with Crippen molar-refractivity contribution in [3.8, 4) is 5.75 Å². The number of benzene rings is 2. The van der Waals surface area contributed by atoms with E-state index in [4.69, 9.17) is 10.5 Å². The van der Waals surface area contributed by atoms with E-state index in [0.29, 0.717) is 30.2 Å². The Bertz CT molecular complexity index is 877. The van der Waals surface area contributed by atoms with Gasteiger partial charge in [0.2, 0.25) is 0 Å². The summed E-state index contributed by atoms with van der Waals surface area (Å²) in [5.41, 5.74) is 6.09. The molecule has 0 saturated carbocycles. The van der Waals surface area contributed by atoms with Gasteiger partial charge in [-0.15, -0.1) is 12.4 Å². The number of amides is 1. The number of nitrogens with two attached hydrogens (primary N) is 1. The van der Waals surface area contributed by atoms with Crippen LogP contribution in [0.5, 0.6) is 5.75 Å². The molecule has 0 saturated heterocycles. The molecular formula is C19H26ClN3O4S. The molecule has 0 aliphatic heterocycles. The molecule has 1 amide bonds. The highest BCUT2D eigenvalue weighted by atomic mass is 35.5. The van der Waals surface area contributed by atoms with Gasteiger partial charge in [-0.1, -0.05) is 0 Å². The van der Waals surface area contributed by atoms with Crippen LogP contribution in [0.2, 0.25) is 0 Å². The normalized spacial score (nSPS) is 11.3. The standard InChI is InChI=1S/C19H25N3O4S.ClH/c1-4-26-16-9-7-15(8-10-16)22-27(24,25)17-11-5-14(6-12-17)18(23)21-13-19(2,3)20;/h5-12,22H,4,13,20H2,1-3H3,(H,21,23);1H. The topological polar surface area (TPSA) is 111 Å². The number of carbonyl (C=O) groups is 1. The number of sulfonamides is 1. The zero-order valence-electron chi connectivity index (χ0n) is 16.1. The molecule has 7 nitrogen and oxygen atoms in total. The first kappa shape index (κ1) is 23.7. The number of nitrogens with one attached hydrogen (secondary N) is 2. The molecule has 154 valence electrons. The number of anilines is 1. The summed E-state index contributed by atoms with van der Waals surface area (Å²) in [6.07, 6.45) is 0. The van der Waals surface area contributed by atoms with Gasteiger partial charge in [0.15, 0.2) is 0 Å². The Kier molecular flexibility index (Phi) is 8.29. The van der Waals surface area contributed by atoms with Crippen molar-refractivity contribution in [1.29, 1.82) is 0 Å². The molecule has 0 fully saturated rings. The summed E-state index contributed by atoms with van der Waals surface area (Å²) in [5.74, 6) is 0.355. The van der Waals surface area contributed by atoms with Crippen molar-refractivity contribution in [2.75, 3.05) is 17.9 Å². The molecule has 0 unspecified atom stereocenters. The Morgan fingerprint density at radius 3 is 2.14 bits per heavy atom. The highest BCUT2D eigenvalue weighted by molar-refractivity contribution is 7.92. The van der Waals surface area contributed by atoms with E-state index < -0.39 is 15.6 Å². The van der Waals surface area contributed by atoms with Crippen molar-refractivity contribution in [2.45, 2.75) is 31.2 Å². The Balaban J connectivity index is 0.00000392. The third-order valence-corrected chi connectivity index (χ3v) is 4.95. The van der Waals surface area contributed by atoms with Crippen LogP contribution in [0.1, 0.15) is 31.1 Å². The second-order valence-electron chi connectivity index (χ2n) is 6.76. The fourth-order valence-corrected chi connectivity index (χ4v) is 3.25. The van der Waals surface area contributed by atoms with Crippen LogP contribution >= 0.6 is 12.4 Å². The third kappa shape index (κ3) is 7.03. The van der Waals surface area contributed by atoms with E-state index in [1.165, 1.54) is 24.3 Å². The Labute approximate surface area is 172 Å². The molecule has 2 aromatic carbocycles. The maximum Gasteiger partial charge on any atom is 0.261 e. The molecule has 0 aromatic heterocycles. The average molecular weight is 428 g/mol. The van der Waals surface area contributed by atoms with Gasteiger partial charge >= 0.3 is 0 Å². The Morgan fingerprint density at radius 1 is 1.07 bits per heavy atom. The van der Waals surface area contributed by atoms with Gasteiger partial charge in [-0.05, 0) is 69.3 Å². The molecule has 2 aromatic rings. The van der Waals surface area contributed by atoms with Gasteiger partial charge in [0.05, 0.1) is 11.5 Å². The van der Waals surface area contributed by atoms with Gasteiger partial charge in [0.1, 0.15) is 5.75 Å². The van der Waals surface area contributed by atoms with E-state index in [9.17, 15) is 13.2 Å². The molecule has 0 aliphatic carbocycles. The molecule has 9 heteroatoms. The molecule has 4 N–H and O–H groups in total. The Morgan fingerprint density at radius 2 is 1.64 bits per heavy atom. The fourth-order valence-electron chi connectivity index (χ4n) is 2.20. The minimum absolute atomic E-state index is 0. The molecule has 0 aliphatic rings. The summed E-state index contributed by atoms with van der Waals surface area (Å²) in [6, 6.07) is 12.3. The lowest BCUT2D eigenvalue weighted by Gasteiger charge is -2.18. The maximum absolute atomic E-state index is 12.5. The van der Waals surface area contributed by atoms with Gasteiger partial charge in [-0.25, -0.2) is 8.42 Å². The van der Waals surface area contributed by atoms with Crippen LogP contribution in [-0.2, 0) is 10.0 Å². The summed E-state index contributed by atoms with van der Waals surface area (Å²) >= 11 is 0. The van der Waals surface area contributed by atoms with Crippen LogP contribution < -0.4 is 20.5 Å². The zero-order valence-corrected chi connectivity index (χ0v) is 17.7. The van der Waals surface area contributed by atoms with Crippen molar-refractivity contribution >= 4 is 34.0 Å². The summed E-state index contributed by atoms with van der Waals surface area (Å²) in [7, 11) is -3.76. The number of hydrogen-bond acceptors (Lipinski definition) is 5. The predicted octanol–water partition coefficient (Wildman–Crippen LogP) is 2.77. The zero-order chi connectivity index (χ0) is 20.1. The van der Waals surface area contributed by atoms with Crippen molar-refractivity contribution in [2.24, 2.45) is 5.73 Å². The molecule has 0 heterocycles. The van der Waals surface area contributed by atoms with E-state index >= 15 is 0 Å². The van der Waals surface area contributed by atoms with E-state index in [-0.39, 0.29) is 23.2 Å². The lowest BCUT2D eigenvalue weighted by molar-refractivity contribution is 0.0946. The van der Waals surface area contributed by atoms with Gasteiger partial charge in [-0.2, -0.15) is 0 Å². The van der Waals surface area contributed by atoms with E-state index in [2.05, 4.69) is 10.0 Å². The molecular weight excluding hydrogens is 402 g/mol. The second kappa shape index (κ2) is 9.77. The van der Waals surface area contributed by atoms with Gasteiger partial charge < -0.3 is 15.8 Å². The summed E-state index contributed by atoms with van der Waals surface area (Å²) in [5, 5.41) is 2.71. The minimum atomic E-state index is -3.76. The fraction of sp³-hybridized carbons (Fsp3) is 0.316. The van der Waals surface area contributed by atoms with Crippen LogP contribution in [0.15, 0.2) is 53.4 Å². The molecule has 0 radical (unpaired) electrons. The third-order valence-electron chi connectivity index (χ3n) is 3.55. The largest absolute Gasteiger partial charge is 0.494 e. The first-order chi connectivity index (χ1) is 12.6. The number of hydrogen-bond donors (Lipinski definition) is 3. The van der Waals surface area contributed by atoms with Crippen LogP contribution in [-0.4, -0.2) is 33.0 Å². The number of ether oxygens (including phenoxy) is 1. The summed E-state index contributed by atoms with van der Waals surface area (Å²) < 4.78 is 32.8. The molecule has 0 bridgehead atoms. The molecule has 28 heavy (non-hydrogen) atoms. The number of rotatable bonds is 8. The van der Waals surface area contributed by atoms with E-state index in [1.54, 1.807) is 38.1 Å². The van der Waals surface area contributed by atoms with Crippen LogP contribution in [0.3, 0.4) is 0 Å². The highest BCUT2D eigenvalue weighted by Gasteiger charge is 2.17. The Hall–Kier alpha value is -2.29. The van der Waals surface area contributed by atoms with Crippen LogP contribution in [0, 0.1) is 0 Å². The molecule has 0 spiro atoms. The van der Waals surface area contributed by atoms with Crippen molar-refractivity contribution in [3.05, 3.63) is 54.1 Å². The number of carbonyl (C=O) groups excluding carboxylic acids is 1. The van der Waals surface area contributed by atoms with Gasteiger partial charge in [0.25, 0.3) is 15.9 Å². The minimum Gasteiger partial charge on any atom is -0.494 e. The second-order valence-corrected chi connectivity index (χ2v) is 8.44. The first-order valence-electron chi connectivity index (χ1n) is 8.53. The monoisotopic (exact) mass is 427 g/mol. The first-order valence-corrected chi connectivity index (χ1v) is 10.0. The quantitative estimate of drug-likeness (QED) is 0.599. The summed E-state index contributed by atoms with van der Waals surface area (Å²) in [4.78, 5) is 12.1. The van der Waals surface area contributed by atoms with Crippen LogP contribution in [0.4, 0.5) is 5.69 Å². The average Bonchev–Trinajstić information content (AvgIpc) is 2.61. The lowest BCUT2D eigenvalue weighted by Crippen LogP contribution is -2.45. The van der Waals surface area contributed by atoms with E-state index in [0.717, 1.165) is 0 Å². The highest BCUT2D eigenvalue weighted by Crippen LogP contribution is 2.20. The van der Waals surface area contributed by atoms with Crippen molar-refractivity contribution < 1.29 is 17.9 Å². The smallest absolute Gasteiger partial charge is 0.261 e. The van der Waals surface area contributed by atoms with Crippen LogP contribution in [0.25, 0.3) is 0 Å². The predicted molar refractivity (Wildman–Crippen MR) is 113 cm³/mol. The SMILES string of the molecule is CCOc1ccc(NS(=O)(=O)c2ccc(C(=O)NCC(C)(C)N)cc2)cc1.Cl. The molecule has 2 rings (SSSR count). The van der Waals surface area contributed by atoms with Crippen molar-refractivity contribution in [1.82, 2.24) is 5.32 Å². The molecule has 0 atom stereocenters. The summed E-state index contributed by atoms with van der Waals surface area (Å²) in [6.45, 7) is 6.32. The van der Waals surface area contributed by atoms with Crippen molar-refractivity contribution in [3.63, 3.8) is 0 Å². The maximum atomic E-state index is 12.5. The van der Waals surface area contributed by atoms with Gasteiger partial charge in [0, 0.05) is 23.3 Å². The van der Waals surface area contributed by atoms with Gasteiger partial charge in [-0.3, -0.25) is 9.52 Å². The van der Waals surface area contributed by atoms with E-state index in [1.807, 2.05) is 6.92 Å². The number of halogens is 1.